The zero-order chi connectivity index (χ0) is 18.9. The van der Waals surface area contributed by atoms with Crippen molar-refractivity contribution in [2.24, 2.45) is 5.92 Å². The van der Waals surface area contributed by atoms with Crippen molar-refractivity contribution < 1.29 is 19.5 Å². The van der Waals surface area contributed by atoms with E-state index in [1.807, 2.05) is 20.8 Å². The molecule has 0 fully saturated rings. The molecule has 0 bridgehead atoms. The molecular weight excluding hydrogens is 390 g/mol. The smallest absolute Gasteiger partial charge is 0.411 e. The molecule has 0 spiro atoms. The molecule has 1 atom stereocenters. The molecule has 3 amide bonds. The lowest BCUT2D eigenvalue weighted by Gasteiger charge is -2.40. The van der Waals surface area contributed by atoms with Gasteiger partial charge in [-0.3, -0.25) is 14.5 Å². The van der Waals surface area contributed by atoms with E-state index in [1.54, 1.807) is 17.0 Å². The third-order valence-corrected chi connectivity index (χ3v) is 4.55. The summed E-state index contributed by atoms with van der Waals surface area (Å²) in [5.41, 5.74) is 1.40. The van der Waals surface area contributed by atoms with Crippen molar-refractivity contribution in [1.82, 2.24) is 0 Å². The minimum Gasteiger partial charge on any atom is -0.465 e. The average molecular weight is 412 g/mol. The molecule has 2 rings (SSSR count). The Morgan fingerprint density at radius 3 is 2.48 bits per heavy atom. The highest BCUT2D eigenvalue weighted by Crippen LogP contribution is 2.42. The van der Waals surface area contributed by atoms with Crippen LogP contribution in [0.4, 0.5) is 21.9 Å². The van der Waals surface area contributed by atoms with E-state index >= 15 is 0 Å². The van der Waals surface area contributed by atoms with E-state index in [9.17, 15) is 19.5 Å². The first-order valence-electron chi connectivity index (χ1n) is 8.05. The lowest BCUT2D eigenvalue weighted by Crippen LogP contribution is -2.52. The molecule has 25 heavy (non-hydrogen) atoms. The van der Waals surface area contributed by atoms with Crippen LogP contribution in [0.3, 0.4) is 0 Å². The largest absolute Gasteiger partial charge is 0.465 e. The molecular formula is C17H22BrN3O4. The van der Waals surface area contributed by atoms with Crippen LogP contribution in [0.2, 0.25) is 0 Å². The van der Waals surface area contributed by atoms with Crippen LogP contribution in [0.15, 0.2) is 16.6 Å². The normalized spacial score (nSPS) is 16.6. The summed E-state index contributed by atoms with van der Waals surface area (Å²) >= 11 is 3.36. The minimum atomic E-state index is -1.08. The maximum absolute atomic E-state index is 12.7. The van der Waals surface area contributed by atoms with Gasteiger partial charge in [-0.15, -0.1) is 0 Å². The number of benzene rings is 1. The summed E-state index contributed by atoms with van der Waals surface area (Å²) in [5.74, 6) is -0.129. The number of hydrogen-bond acceptors (Lipinski definition) is 3. The van der Waals surface area contributed by atoms with E-state index in [4.69, 9.17) is 0 Å². The van der Waals surface area contributed by atoms with Crippen LogP contribution in [0, 0.1) is 5.92 Å². The maximum Gasteiger partial charge on any atom is 0.411 e. The van der Waals surface area contributed by atoms with Gasteiger partial charge in [0.2, 0.25) is 11.8 Å². The summed E-state index contributed by atoms with van der Waals surface area (Å²) in [5, 5.41) is 12.2. The first-order chi connectivity index (χ1) is 11.6. The quantitative estimate of drug-likeness (QED) is 0.793. The lowest BCUT2D eigenvalue weighted by atomic mass is 10.0. The predicted molar refractivity (Wildman–Crippen MR) is 100 cm³/mol. The van der Waals surface area contributed by atoms with Gasteiger partial charge < -0.3 is 15.3 Å². The van der Waals surface area contributed by atoms with Gasteiger partial charge in [0.05, 0.1) is 23.1 Å². The van der Waals surface area contributed by atoms with Gasteiger partial charge in [0.15, 0.2) is 0 Å². The second kappa shape index (κ2) is 7.43. The summed E-state index contributed by atoms with van der Waals surface area (Å²) < 4.78 is 0.554. The minimum absolute atomic E-state index is 0.0649. The van der Waals surface area contributed by atoms with Crippen LogP contribution in [0.25, 0.3) is 0 Å². The number of carbonyl (C=O) groups is 3. The van der Waals surface area contributed by atoms with Crippen molar-refractivity contribution in [3.8, 4) is 0 Å². The molecule has 7 nitrogen and oxygen atoms in total. The highest BCUT2D eigenvalue weighted by atomic mass is 79.9. The van der Waals surface area contributed by atoms with Crippen molar-refractivity contribution in [2.75, 3.05) is 21.7 Å². The topological polar surface area (TPSA) is 89.9 Å². The number of carboxylic acid groups (broad SMARTS) is 1. The van der Waals surface area contributed by atoms with Crippen LogP contribution < -0.4 is 15.1 Å². The Labute approximate surface area is 155 Å². The molecule has 0 radical (unpaired) electrons. The molecule has 1 aromatic rings. The van der Waals surface area contributed by atoms with Crippen molar-refractivity contribution in [3.05, 3.63) is 16.6 Å². The Balaban J connectivity index is 2.59. The molecule has 0 aliphatic carbocycles. The van der Waals surface area contributed by atoms with Gasteiger partial charge in [-0.25, -0.2) is 4.79 Å². The Morgan fingerprint density at radius 2 is 1.96 bits per heavy atom. The van der Waals surface area contributed by atoms with Gasteiger partial charge in [-0.05, 0) is 40.9 Å². The second-order valence-electron chi connectivity index (χ2n) is 6.61. The Morgan fingerprint density at radius 1 is 1.32 bits per heavy atom. The van der Waals surface area contributed by atoms with Gasteiger partial charge in [-0.1, -0.05) is 13.8 Å². The summed E-state index contributed by atoms with van der Waals surface area (Å²) in [6.07, 6.45) is -0.717. The van der Waals surface area contributed by atoms with E-state index in [0.717, 1.165) is 0 Å². The average Bonchev–Trinajstić information content (AvgIpc) is 2.46. The maximum atomic E-state index is 12.7. The Hall–Kier alpha value is -2.09. The summed E-state index contributed by atoms with van der Waals surface area (Å²) in [4.78, 5) is 38.6. The van der Waals surface area contributed by atoms with Crippen molar-refractivity contribution >= 4 is 50.9 Å². The lowest BCUT2D eigenvalue weighted by molar-refractivity contribution is -0.119. The van der Waals surface area contributed by atoms with E-state index in [-0.39, 0.29) is 30.3 Å². The summed E-state index contributed by atoms with van der Waals surface area (Å²) in [7, 11) is 0. The Kier molecular flexibility index (Phi) is 5.72. The molecule has 1 aliphatic rings. The first-order valence-corrected chi connectivity index (χ1v) is 8.84. The highest BCUT2D eigenvalue weighted by molar-refractivity contribution is 9.10. The number of amides is 3. The fourth-order valence-electron chi connectivity index (χ4n) is 2.94. The molecule has 1 aliphatic heterocycles. The number of anilines is 3. The molecule has 0 unspecified atom stereocenters. The number of rotatable bonds is 3. The molecule has 2 N–H and O–H groups in total. The SMILES string of the molecule is CC(=O)Nc1cc2c(cc1Br)N(C(=O)O)C[C@H](C)N2C(=O)CC(C)C. The van der Waals surface area contributed by atoms with Crippen LogP contribution >= 0.6 is 15.9 Å². The third-order valence-electron chi connectivity index (χ3n) is 3.90. The molecule has 1 aromatic carbocycles. The van der Waals surface area contributed by atoms with Gasteiger partial charge in [0.1, 0.15) is 0 Å². The van der Waals surface area contributed by atoms with Crippen LogP contribution in [0.1, 0.15) is 34.1 Å². The van der Waals surface area contributed by atoms with Crippen LogP contribution in [0.5, 0.6) is 0 Å². The molecule has 8 heteroatoms. The number of carbonyl (C=O) groups excluding carboxylic acids is 2. The summed E-state index contributed by atoms with van der Waals surface area (Å²) in [6, 6.07) is 2.96. The standard InChI is InChI=1S/C17H22BrN3O4/c1-9(2)5-16(23)21-10(3)8-20(17(24)25)14-6-12(18)13(7-15(14)21)19-11(4)22/h6-7,9-10H,5,8H2,1-4H3,(H,19,22)(H,24,25)/t10-/m0/s1. The Bertz CT molecular complexity index is 720. The molecule has 136 valence electrons. The number of hydrogen-bond donors (Lipinski definition) is 2. The molecule has 1 heterocycles. The van der Waals surface area contributed by atoms with Gasteiger partial charge in [-0.2, -0.15) is 0 Å². The van der Waals surface area contributed by atoms with E-state index in [2.05, 4.69) is 21.2 Å². The van der Waals surface area contributed by atoms with Gasteiger partial charge in [0, 0.05) is 24.4 Å². The first kappa shape index (κ1) is 19.2. The van der Waals surface area contributed by atoms with Crippen LogP contribution in [-0.4, -0.2) is 35.6 Å². The van der Waals surface area contributed by atoms with Crippen LogP contribution in [-0.2, 0) is 9.59 Å². The number of nitrogens with zero attached hydrogens (tertiary/aromatic N) is 2. The molecule has 0 saturated heterocycles. The zero-order valence-electron chi connectivity index (χ0n) is 14.7. The fourth-order valence-corrected chi connectivity index (χ4v) is 3.37. The zero-order valence-corrected chi connectivity index (χ0v) is 16.3. The van der Waals surface area contributed by atoms with Gasteiger partial charge in [0.25, 0.3) is 0 Å². The predicted octanol–water partition coefficient (Wildman–Crippen LogP) is 3.67. The fraction of sp³-hybridized carbons (Fsp3) is 0.471. The second-order valence-corrected chi connectivity index (χ2v) is 7.46. The number of halogens is 1. The number of fused-ring (bicyclic) bond motifs is 1. The van der Waals surface area contributed by atoms with Crippen molar-refractivity contribution in [2.45, 2.75) is 40.2 Å². The molecule has 0 saturated carbocycles. The van der Waals surface area contributed by atoms with Crippen molar-refractivity contribution in [1.29, 1.82) is 0 Å². The summed E-state index contributed by atoms with van der Waals surface area (Å²) in [6.45, 7) is 7.32. The van der Waals surface area contributed by atoms with Crippen molar-refractivity contribution in [3.63, 3.8) is 0 Å². The van der Waals surface area contributed by atoms with Gasteiger partial charge >= 0.3 is 6.09 Å². The molecule has 0 aromatic heterocycles. The van der Waals surface area contributed by atoms with E-state index in [0.29, 0.717) is 28.0 Å². The van der Waals surface area contributed by atoms with E-state index in [1.165, 1.54) is 11.8 Å². The number of nitrogens with one attached hydrogen (secondary N) is 1. The highest BCUT2D eigenvalue weighted by Gasteiger charge is 2.35. The van der Waals surface area contributed by atoms with E-state index < -0.39 is 6.09 Å². The monoisotopic (exact) mass is 411 g/mol. The third kappa shape index (κ3) is 4.12.